The maximum Gasteiger partial charge on any atom is 0.269 e. The smallest absolute Gasteiger partial charge is 0.269 e. The minimum atomic E-state index is -0.331. The van der Waals surface area contributed by atoms with E-state index in [1.807, 2.05) is 18.2 Å². The van der Waals surface area contributed by atoms with Crippen molar-refractivity contribution in [2.75, 3.05) is 18.6 Å². The molecule has 3 rings (SSSR count). The molecule has 1 aliphatic rings. The van der Waals surface area contributed by atoms with Gasteiger partial charge in [0.1, 0.15) is 18.1 Å². The van der Waals surface area contributed by atoms with Gasteiger partial charge in [-0.3, -0.25) is 4.79 Å². The highest BCUT2D eigenvalue weighted by molar-refractivity contribution is 7.80. The van der Waals surface area contributed by atoms with Gasteiger partial charge in [-0.15, -0.1) is 0 Å². The van der Waals surface area contributed by atoms with E-state index in [1.54, 1.807) is 30.2 Å². The number of methoxy groups -OCH3 is 1. The molecule has 0 radical (unpaired) electrons. The van der Waals surface area contributed by atoms with Crippen molar-refractivity contribution in [3.8, 4) is 5.75 Å². The van der Waals surface area contributed by atoms with E-state index in [0.717, 1.165) is 5.01 Å². The lowest BCUT2D eigenvalue weighted by molar-refractivity contribution is -0.124. The lowest BCUT2D eigenvalue weighted by atomic mass is 10.2. The number of carbonyl (C=O) groups excluding carboxylic acids is 1. The Morgan fingerprint density at radius 3 is 2.62 bits per heavy atom. The predicted octanol–water partition coefficient (Wildman–Crippen LogP) is 2.80. The van der Waals surface area contributed by atoms with E-state index in [4.69, 9.17) is 17.0 Å². The van der Waals surface area contributed by atoms with Crippen molar-refractivity contribution >= 4 is 35.1 Å². The van der Waals surface area contributed by atoms with Crippen LogP contribution in [-0.4, -0.2) is 35.9 Å². The molecule has 0 saturated carbocycles. The van der Waals surface area contributed by atoms with Gasteiger partial charge in [0.05, 0.1) is 19.0 Å². The fraction of sp³-hybridized carbons (Fsp3) is 0.118. The van der Waals surface area contributed by atoms with E-state index in [1.165, 1.54) is 18.3 Å². The normalized spacial score (nSPS) is 14.8. The first kappa shape index (κ1) is 16.1. The number of anilines is 1. The van der Waals surface area contributed by atoms with Crippen LogP contribution in [0.4, 0.5) is 10.1 Å². The number of halogens is 1. The summed E-state index contributed by atoms with van der Waals surface area (Å²) in [6, 6.07) is 13.1. The largest absolute Gasteiger partial charge is 0.495 e. The zero-order chi connectivity index (χ0) is 17.1. The number of hydrazone groups is 1. The van der Waals surface area contributed by atoms with Crippen molar-refractivity contribution in [3.63, 3.8) is 0 Å². The van der Waals surface area contributed by atoms with Gasteiger partial charge >= 0.3 is 0 Å². The van der Waals surface area contributed by atoms with Gasteiger partial charge in [-0.1, -0.05) is 24.3 Å². The fourth-order valence-corrected chi connectivity index (χ4v) is 2.63. The van der Waals surface area contributed by atoms with Crippen molar-refractivity contribution < 1.29 is 13.9 Å². The zero-order valence-corrected chi connectivity index (χ0v) is 13.7. The Morgan fingerprint density at radius 1 is 1.21 bits per heavy atom. The molecule has 2 aromatic rings. The Bertz CT molecular complexity index is 808. The topological polar surface area (TPSA) is 45.1 Å². The number of para-hydroxylation sites is 2. The molecule has 2 aromatic carbocycles. The van der Waals surface area contributed by atoms with Gasteiger partial charge in [0.2, 0.25) is 5.11 Å². The van der Waals surface area contributed by atoms with E-state index in [9.17, 15) is 9.18 Å². The van der Waals surface area contributed by atoms with Crippen LogP contribution >= 0.6 is 12.2 Å². The molecular weight excluding hydrogens is 329 g/mol. The molecule has 0 aliphatic carbocycles. The quantitative estimate of drug-likeness (QED) is 0.633. The Kier molecular flexibility index (Phi) is 4.52. The van der Waals surface area contributed by atoms with Crippen LogP contribution in [0.1, 0.15) is 5.56 Å². The van der Waals surface area contributed by atoms with Crippen LogP contribution in [0.2, 0.25) is 0 Å². The number of amides is 1. The first-order valence-corrected chi connectivity index (χ1v) is 7.58. The number of rotatable bonds is 4. The standard InChI is InChI=1S/C17H14FN3O2S/c1-23-15-5-3-2-4-14(15)20-11-16(22)21(17(20)24)19-10-12-6-8-13(18)9-7-12/h2-10H,11H2,1H3/b19-10+. The summed E-state index contributed by atoms with van der Waals surface area (Å²) in [4.78, 5) is 13.9. The lowest BCUT2D eigenvalue weighted by Crippen LogP contribution is -2.29. The van der Waals surface area contributed by atoms with Gasteiger partial charge in [-0.25, -0.2) is 4.39 Å². The molecule has 24 heavy (non-hydrogen) atoms. The molecule has 1 saturated heterocycles. The van der Waals surface area contributed by atoms with E-state index in [-0.39, 0.29) is 23.4 Å². The van der Waals surface area contributed by atoms with Crippen molar-refractivity contribution in [2.24, 2.45) is 5.10 Å². The van der Waals surface area contributed by atoms with Gasteiger partial charge in [0.25, 0.3) is 5.91 Å². The Labute approximate surface area is 143 Å². The molecule has 5 nitrogen and oxygen atoms in total. The van der Waals surface area contributed by atoms with Gasteiger partial charge in [0.15, 0.2) is 0 Å². The van der Waals surface area contributed by atoms with Gasteiger partial charge in [-0.2, -0.15) is 10.1 Å². The van der Waals surface area contributed by atoms with E-state index < -0.39 is 0 Å². The van der Waals surface area contributed by atoms with E-state index >= 15 is 0 Å². The maximum atomic E-state index is 12.9. The van der Waals surface area contributed by atoms with Gasteiger partial charge < -0.3 is 9.64 Å². The van der Waals surface area contributed by atoms with Crippen LogP contribution in [0.5, 0.6) is 5.75 Å². The zero-order valence-electron chi connectivity index (χ0n) is 12.8. The molecule has 0 atom stereocenters. The summed E-state index contributed by atoms with van der Waals surface area (Å²) in [6.45, 7) is 0.0833. The van der Waals surface area contributed by atoms with Crippen LogP contribution in [0.25, 0.3) is 0 Å². The minimum absolute atomic E-state index is 0.0833. The Balaban J connectivity index is 1.83. The van der Waals surface area contributed by atoms with Crippen LogP contribution in [0, 0.1) is 5.82 Å². The molecule has 0 bridgehead atoms. The Hall–Kier alpha value is -2.80. The molecular formula is C17H14FN3O2S. The van der Waals surface area contributed by atoms with Gasteiger partial charge in [-0.05, 0) is 42.0 Å². The molecule has 0 spiro atoms. The summed E-state index contributed by atoms with van der Waals surface area (Å²) in [5.74, 6) is 0.0450. The van der Waals surface area contributed by atoms with E-state index in [2.05, 4.69) is 5.10 Å². The van der Waals surface area contributed by atoms with Crippen molar-refractivity contribution in [1.82, 2.24) is 5.01 Å². The van der Waals surface area contributed by atoms with Gasteiger partial charge in [0, 0.05) is 0 Å². The average molecular weight is 343 g/mol. The third kappa shape index (κ3) is 3.11. The second-order valence-corrected chi connectivity index (χ2v) is 5.41. The second-order valence-electron chi connectivity index (χ2n) is 5.04. The fourth-order valence-electron chi connectivity index (χ4n) is 2.32. The monoisotopic (exact) mass is 343 g/mol. The molecule has 1 fully saturated rings. The summed E-state index contributed by atoms with van der Waals surface area (Å²) < 4.78 is 18.2. The third-order valence-corrected chi connectivity index (χ3v) is 3.90. The number of benzene rings is 2. The summed E-state index contributed by atoms with van der Waals surface area (Å²) in [7, 11) is 1.56. The molecule has 7 heteroatoms. The second kappa shape index (κ2) is 6.76. The third-order valence-electron chi connectivity index (χ3n) is 3.51. The maximum absolute atomic E-state index is 12.9. The van der Waals surface area contributed by atoms with Crippen LogP contribution < -0.4 is 9.64 Å². The number of carbonyl (C=O) groups is 1. The molecule has 1 heterocycles. The molecule has 0 N–H and O–H groups in total. The molecule has 1 amide bonds. The van der Waals surface area contributed by atoms with Crippen molar-refractivity contribution in [3.05, 3.63) is 59.9 Å². The minimum Gasteiger partial charge on any atom is -0.495 e. The summed E-state index contributed by atoms with van der Waals surface area (Å²) in [5.41, 5.74) is 1.38. The number of hydrogen-bond acceptors (Lipinski definition) is 4. The number of ether oxygens (including phenoxy) is 1. The Morgan fingerprint density at radius 2 is 1.92 bits per heavy atom. The predicted molar refractivity (Wildman–Crippen MR) is 93.8 cm³/mol. The van der Waals surface area contributed by atoms with Crippen LogP contribution in [0.3, 0.4) is 0 Å². The van der Waals surface area contributed by atoms with E-state index in [0.29, 0.717) is 17.0 Å². The summed E-state index contributed by atoms with van der Waals surface area (Å²) >= 11 is 5.37. The molecule has 1 aliphatic heterocycles. The SMILES string of the molecule is COc1ccccc1N1CC(=O)N(/N=C/c2ccc(F)cc2)C1=S. The summed E-state index contributed by atoms with van der Waals surface area (Å²) in [5, 5.41) is 5.55. The van der Waals surface area contributed by atoms with Crippen LogP contribution in [0.15, 0.2) is 53.6 Å². The first-order valence-electron chi connectivity index (χ1n) is 7.17. The molecule has 122 valence electrons. The number of thiocarbonyl (C=S) groups is 1. The van der Waals surface area contributed by atoms with Crippen molar-refractivity contribution in [1.29, 1.82) is 0 Å². The van der Waals surface area contributed by atoms with Crippen molar-refractivity contribution in [2.45, 2.75) is 0 Å². The lowest BCUT2D eigenvalue weighted by Gasteiger charge is -2.19. The highest BCUT2D eigenvalue weighted by Gasteiger charge is 2.34. The molecule has 0 aromatic heterocycles. The summed E-state index contributed by atoms with van der Waals surface area (Å²) in [6.07, 6.45) is 1.47. The average Bonchev–Trinajstić information content (AvgIpc) is 2.88. The van der Waals surface area contributed by atoms with Crippen LogP contribution in [-0.2, 0) is 4.79 Å². The number of hydrogen-bond donors (Lipinski definition) is 0. The first-order chi connectivity index (χ1) is 11.6. The highest BCUT2D eigenvalue weighted by atomic mass is 32.1. The highest BCUT2D eigenvalue weighted by Crippen LogP contribution is 2.30. The number of nitrogens with zero attached hydrogens (tertiary/aromatic N) is 3. The molecule has 0 unspecified atom stereocenters.